The monoisotopic (exact) mass is 290 g/mol. The Balaban J connectivity index is 2.98. The summed E-state index contributed by atoms with van der Waals surface area (Å²) in [5.74, 6) is 0.934. The Hall–Kier alpha value is -0.580. The first-order chi connectivity index (χ1) is 6.15. The summed E-state index contributed by atoms with van der Waals surface area (Å²) in [4.78, 5) is 11.0. The number of carbonyl (C=O) groups excluding carboxylic acids is 1. The van der Waals surface area contributed by atoms with Crippen LogP contribution in [-0.4, -0.2) is 10.4 Å². The molecule has 0 N–H and O–H groups in total. The fourth-order valence-corrected chi connectivity index (χ4v) is 1.42. The van der Waals surface area contributed by atoms with Crippen molar-refractivity contribution in [1.82, 2.24) is 0 Å². The highest BCUT2D eigenvalue weighted by Crippen LogP contribution is 2.19. The zero-order chi connectivity index (χ0) is 9.84. The Morgan fingerprint density at radius 3 is 2.69 bits per heavy atom. The lowest BCUT2D eigenvalue weighted by Crippen LogP contribution is -1.96. The minimum atomic E-state index is 0.0872. The molecule has 1 aromatic carbocycles. The number of Topliss-reactive ketones (excluding diaryl/α,β-unsaturated/α-hetero) is 1. The number of rotatable bonds is 3. The maximum atomic E-state index is 11.0. The normalized spacial score (nSPS) is 9.77. The molecule has 0 aliphatic rings. The van der Waals surface area contributed by atoms with Crippen molar-refractivity contribution in [3.63, 3.8) is 0 Å². The van der Waals surface area contributed by atoms with Crippen LogP contribution < -0.4 is 4.74 Å². The standard InChI is InChI=1S/C10H11IO2/c1-7-5-9(8(2)12)3-4-10(7)13-6-11/h3-5H,6H2,1-2H3. The second-order valence-electron chi connectivity index (χ2n) is 2.79. The summed E-state index contributed by atoms with van der Waals surface area (Å²) in [5, 5.41) is 0. The van der Waals surface area contributed by atoms with Gasteiger partial charge in [-0.2, -0.15) is 0 Å². The van der Waals surface area contributed by atoms with E-state index in [-0.39, 0.29) is 5.78 Å². The van der Waals surface area contributed by atoms with E-state index in [0.717, 1.165) is 16.9 Å². The number of halogens is 1. The van der Waals surface area contributed by atoms with Gasteiger partial charge in [0, 0.05) is 5.56 Å². The van der Waals surface area contributed by atoms with Crippen LogP contribution in [-0.2, 0) is 0 Å². The van der Waals surface area contributed by atoms with Gasteiger partial charge in [0.25, 0.3) is 0 Å². The van der Waals surface area contributed by atoms with Gasteiger partial charge in [0.15, 0.2) is 5.78 Å². The van der Waals surface area contributed by atoms with Crippen LogP contribution in [0, 0.1) is 6.92 Å². The Kier molecular flexibility index (Phi) is 3.71. The third-order valence-electron chi connectivity index (χ3n) is 1.79. The zero-order valence-electron chi connectivity index (χ0n) is 7.63. The van der Waals surface area contributed by atoms with Gasteiger partial charge in [0.2, 0.25) is 0 Å². The first-order valence-electron chi connectivity index (χ1n) is 3.95. The molecule has 0 aliphatic carbocycles. The van der Waals surface area contributed by atoms with E-state index in [0.29, 0.717) is 4.61 Å². The Morgan fingerprint density at radius 2 is 2.23 bits per heavy atom. The molecule has 0 bridgehead atoms. The largest absolute Gasteiger partial charge is 0.483 e. The average Bonchev–Trinajstić information content (AvgIpc) is 2.08. The van der Waals surface area contributed by atoms with Gasteiger partial charge in [-0.3, -0.25) is 4.79 Å². The zero-order valence-corrected chi connectivity index (χ0v) is 9.79. The highest BCUT2D eigenvalue weighted by Gasteiger charge is 2.03. The molecule has 0 atom stereocenters. The van der Waals surface area contributed by atoms with Gasteiger partial charge in [0.05, 0.1) is 0 Å². The molecule has 0 saturated heterocycles. The number of aryl methyl sites for hydroxylation is 1. The van der Waals surface area contributed by atoms with Crippen molar-refractivity contribution in [1.29, 1.82) is 0 Å². The molecule has 0 heterocycles. The quantitative estimate of drug-likeness (QED) is 0.486. The number of hydrogen-bond acceptors (Lipinski definition) is 2. The minimum Gasteiger partial charge on any atom is -0.483 e. The van der Waals surface area contributed by atoms with Crippen LogP contribution in [0.1, 0.15) is 22.8 Å². The van der Waals surface area contributed by atoms with E-state index in [1.54, 1.807) is 13.0 Å². The molecular formula is C10H11IO2. The second kappa shape index (κ2) is 4.60. The number of carbonyl (C=O) groups is 1. The van der Waals surface area contributed by atoms with Crippen molar-refractivity contribution >= 4 is 28.4 Å². The fourth-order valence-electron chi connectivity index (χ4n) is 1.09. The van der Waals surface area contributed by atoms with E-state index < -0.39 is 0 Å². The van der Waals surface area contributed by atoms with E-state index in [2.05, 4.69) is 22.6 Å². The summed E-state index contributed by atoms with van der Waals surface area (Å²) in [6, 6.07) is 5.48. The van der Waals surface area contributed by atoms with Crippen LogP contribution in [0.3, 0.4) is 0 Å². The van der Waals surface area contributed by atoms with Crippen LogP contribution in [0.25, 0.3) is 0 Å². The average molecular weight is 290 g/mol. The minimum absolute atomic E-state index is 0.0872. The number of ketones is 1. The molecule has 2 nitrogen and oxygen atoms in total. The fraction of sp³-hybridized carbons (Fsp3) is 0.300. The molecule has 0 aromatic heterocycles. The molecule has 0 amide bonds. The van der Waals surface area contributed by atoms with Gasteiger partial charge in [-0.25, -0.2) is 0 Å². The van der Waals surface area contributed by atoms with Crippen molar-refractivity contribution < 1.29 is 9.53 Å². The Labute approximate surface area is 91.4 Å². The van der Waals surface area contributed by atoms with Gasteiger partial charge in [-0.15, -0.1) is 0 Å². The third kappa shape index (κ3) is 2.69. The first-order valence-corrected chi connectivity index (χ1v) is 5.48. The maximum Gasteiger partial charge on any atom is 0.159 e. The summed E-state index contributed by atoms with van der Waals surface area (Å²) in [5.41, 5.74) is 1.74. The van der Waals surface area contributed by atoms with Crippen LogP contribution in [0.15, 0.2) is 18.2 Å². The summed E-state index contributed by atoms with van der Waals surface area (Å²) in [6.07, 6.45) is 0. The summed E-state index contributed by atoms with van der Waals surface area (Å²) in [6.45, 7) is 3.50. The van der Waals surface area contributed by atoms with Crippen molar-refractivity contribution in [2.75, 3.05) is 4.61 Å². The van der Waals surface area contributed by atoms with Gasteiger partial charge in [0.1, 0.15) is 10.4 Å². The molecule has 70 valence electrons. The lowest BCUT2D eigenvalue weighted by Gasteiger charge is -2.06. The molecule has 13 heavy (non-hydrogen) atoms. The topological polar surface area (TPSA) is 26.3 Å². The lowest BCUT2D eigenvalue weighted by atomic mass is 10.1. The van der Waals surface area contributed by atoms with Gasteiger partial charge in [-0.1, -0.05) is 0 Å². The number of alkyl halides is 1. The van der Waals surface area contributed by atoms with Crippen LogP contribution >= 0.6 is 22.6 Å². The molecule has 3 heteroatoms. The first kappa shape index (κ1) is 10.5. The highest BCUT2D eigenvalue weighted by molar-refractivity contribution is 14.1. The van der Waals surface area contributed by atoms with E-state index in [1.165, 1.54) is 0 Å². The molecule has 1 rings (SSSR count). The smallest absolute Gasteiger partial charge is 0.159 e. The van der Waals surface area contributed by atoms with Crippen LogP contribution in [0.5, 0.6) is 5.75 Å². The Bertz CT molecular complexity index is 321. The maximum absolute atomic E-state index is 11.0. The summed E-state index contributed by atoms with van der Waals surface area (Å²) >= 11 is 2.14. The third-order valence-corrected chi connectivity index (χ3v) is 2.10. The van der Waals surface area contributed by atoms with Gasteiger partial charge < -0.3 is 4.74 Å². The molecule has 0 spiro atoms. The Morgan fingerprint density at radius 1 is 1.54 bits per heavy atom. The lowest BCUT2D eigenvalue weighted by molar-refractivity contribution is 0.101. The molecular weight excluding hydrogens is 279 g/mol. The van der Waals surface area contributed by atoms with Crippen molar-refractivity contribution in [3.8, 4) is 5.75 Å². The highest BCUT2D eigenvalue weighted by atomic mass is 127. The van der Waals surface area contributed by atoms with Crippen molar-refractivity contribution in [3.05, 3.63) is 29.3 Å². The van der Waals surface area contributed by atoms with E-state index in [1.807, 2.05) is 19.1 Å². The number of benzene rings is 1. The molecule has 0 saturated carbocycles. The summed E-state index contributed by atoms with van der Waals surface area (Å²) < 4.78 is 5.97. The predicted octanol–water partition coefficient (Wildman–Crippen LogP) is 2.97. The van der Waals surface area contributed by atoms with E-state index in [9.17, 15) is 4.79 Å². The van der Waals surface area contributed by atoms with Crippen molar-refractivity contribution in [2.45, 2.75) is 13.8 Å². The van der Waals surface area contributed by atoms with Crippen LogP contribution in [0.2, 0.25) is 0 Å². The predicted molar refractivity (Wildman–Crippen MR) is 60.7 cm³/mol. The van der Waals surface area contributed by atoms with Crippen LogP contribution in [0.4, 0.5) is 0 Å². The van der Waals surface area contributed by atoms with E-state index in [4.69, 9.17) is 4.74 Å². The summed E-state index contributed by atoms with van der Waals surface area (Å²) in [7, 11) is 0. The van der Waals surface area contributed by atoms with Gasteiger partial charge >= 0.3 is 0 Å². The molecule has 1 aromatic rings. The number of hydrogen-bond donors (Lipinski definition) is 0. The second-order valence-corrected chi connectivity index (χ2v) is 3.41. The number of ether oxygens (including phenoxy) is 1. The van der Waals surface area contributed by atoms with E-state index >= 15 is 0 Å². The van der Waals surface area contributed by atoms with Crippen molar-refractivity contribution in [2.24, 2.45) is 0 Å². The molecule has 0 fully saturated rings. The molecule has 0 radical (unpaired) electrons. The molecule has 0 unspecified atom stereocenters. The van der Waals surface area contributed by atoms with Gasteiger partial charge in [-0.05, 0) is 60.2 Å². The molecule has 0 aliphatic heterocycles. The SMILES string of the molecule is CC(=O)c1ccc(OCI)c(C)c1.